The van der Waals surface area contributed by atoms with Crippen molar-refractivity contribution >= 4 is 11.8 Å². The molecular formula is C19H36N4O. The summed E-state index contributed by atoms with van der Waals surface area (Å²) in [5, 5.41) is 10.3. The number of nitrogens with one attached hydrogen (secondary N) is 2. The number of aryl methyl sites for hydroxylation is 1. The molecule has 0 aliphatic carbocycles. The number of nitrogens with zero attached hydrogens (tertiary/aromatic N) is 2. The first-order chi connectivity index (χ1) is 11.3. The van der Waals surface area contributed by atoms with Gasteiger partial charge in [-0.2, -0.15) is 5.10 Å². The van der Waals surface area contributed by atoms with Gasteiger partial charge in [0, 0.05) is 12.6 Å². The number of hydrogen-bond donors (Lipinski definition) is 2. The van der Waals surface area contributed by atoms with Crippen LogP contribution in [-0.4, -0.2) is 22.4 Å². The van der Waals surface area contributed by atoms with E-state index in [1.165, 1.54) is 44.9 Å². The fourth-order valence-corrected chi connectivity index (χ4v) is 2.72. The summed E-state index contributed by atoms with van der Waals surface area (Å²) in [5.74, 6) is 0.744. The van der Waals surface area contributed by atoms with Crippen molar-refractivity contribution < 1.29 is 4.79 Å². The van der Waals surface area contributed by atoms with Crippen LogP contribution in [0.2, 0.25) is 0 Å². The fourth-order valence-electron chi connectivity index (χ4n) is 2.72. The number of hydrogen-bond acceptors (Lipinski definition) is 2. The Hall–Kier alpha value is -1.52. The van der Waals surface area contributed by atoms with Crippen LogP contribution < -0.4 is 10.6 Å². The summed E-state index contributed by atoms with van der Waals surface area (Å²) in [4.78, 5) is 12.0. The van der Waals surface area contributed by atoms with Crippen molar-refractivity contribution in [1.29, 1.82) is 0 Å². The molecule has 0 bridgehead atoms. The van der Waals surface area contributed by atoms with Gasteiger partial charge in [0.05, 0.1) is 11.2 Å². The number of rotatable bonds is 10. The number of carbonyl (C=O) groups excluding carboxylic acids is 1. The van der Waals surface area contributed by atoms with E-state index in [1.807, 2.05) is 17.7 Å². The van der Waals surface area contributed by atoms with E-state index in [2.05, 4.69) is 43.4 Å². The van der Waals surface area contributed by atoms with Crippen LogP contribution in [0, 0.1) is 6.92 Å². The van der Waals surface area contributed by atoms with Crippen LogP contribution in [-0.2, 0) is 5.54 Å². The van der Waals surface area contributed by atoms with E-state index in [1.54, 1.807) is 0 Å². The van der Waals surface area contributed by atoms with E-state index in [0.29, 0.717) is 0 Å². The maximum Gasteiger partial charge on any atom is 0.320 e. The van der Waals surface area contributed by atoms with Gasteiger partial charge in [-0.25, -0.2) is 9.48 Å². The lowest BCUT2D eigenvalue weighted by atomic mass is 10.1. The Morgan fingerprint density at radius 3 is 2.25 bits per heavy atom. The second-order valence-electron chi connectivity index (χ2n) is 7.61. The second-order valence-corrected chi connectivity index (χ2v) is 7.61. The maximum atomic E-state index is 12.0. The standard InChI is InChI=1S/C19H36N4O/c1-6-7-8-9-10-11-12-13-14-20-18(24)21-17-15-16(2)22-23(17)19(3,4)5/h15H,6-14H2,1-5H3,(H2,20,21,24). The summed E-state index contributed by atoms with van der Waals surface area (Å²) in [5.41, 5.74) is 0.748. The lowest BCUT2D eigenvalue weighted by Crippen LogP contribution is -2.32. The molecule has 2 N–H and O–H groups in total. The van der Waals surface area contributed by atoms with E-state index in [9.17, 15) is 4.79 Å². The number of amides is 2. The van der Waals surface area contributed by atoms with E-state index in [0.717, 1.165) is 24.5 Å². The van der Waals surface area contributed by atoms with Crippen LogP contribution in [0.3, 0.4) is 0 Å². The first-order valence-corrected chi connectivity index (χ1v) is 9.46. The minimum absolute atomic E-state index is 0.150. The van der Waals surface area contributed by atoms with Crippen molar-refractivity contribution in [2.24, 2.45) is 0 Å². The summed E-state index contributed by atoms with van der Waals surface area (Å²) in [6.07, 6.45) is 10.2. The van der Waals surface area contributed by atoms with Crippen LogP contribution in [0.15, 0.2) is 6.07 Å². The lowest BCUT2D eigenvalue weighted by Gasteiger charge is -2.22. The first kappa shape index (κ1) is 20.5. The second kappa shape index (κ2) is 10.4. The van der Waals surface area contributed by atoms with Crippen LogP contribution >= 0.6 is 0 Å². The highest BCUT2D eigenvalue weighted by Crippen LogP contribution is 2.21. The van der Waals surface area contributed by atoms with E-state index >= 15 is 0 Å². The molecule has 5 heteroatoms. The highest BCUT2D eigenvalue weighted by atomic mass is 16.2. The number of urea groups is 1. The predicted octanol–water partition coefficient (Wildman–Crippen LogP) is 5.21. The molecule has 5 nitrogen and oxygen atoms in total. The lowest BCUT2D eigenvalue weighted by molar-refractivity contribution is 0.251. The van der Waals surface area contributed by atoms with Gasteiger partial charge in [0.1, 0.15) is 5.82 Å². The smallest absolute Gasteiger partial charge is 0.320 e. The molecule has 1 rings (SSSR count). The minimum Gasteiger partial charge on any atom is -0.338 e. The normalized spacial score (nSPS) is 11.5. The molecular weight excluding hydrogens is 300 g/mol. The molecule has 1 aromatic rings. The molecule has 1 aromatic heterocycles. The Labute approximate surface area is 147 Å². The van der Waals surface area contributed by atoms with E-state index in [-0.39, 0.29) is 11.6 Å². The molecule has 0 saturated heterocycles. The van der Waals surface area contributed by atoms with Crippen molar-refractivity contribution in [3.63, 3.8) is 0 Å². The molecule has 0 unspecified atom stereocenters. The fraction of sp³-hybridized carbons (Fsp3) is 0.789. The molecule has 0 fully saturated rings. The van der Waals surface area contributed by atoms with Crippen LogP contribution in [0.5, 0.6) is 0 Å². The van der Waals surface area contributed by atoms with Crippen molar-refractivity contribution in [2.45, 2.75) is 91.5 Å². The molecule has 24 heavy (non-hydrogen) atoms. The monoisotopic (exact) mass is 336 g/mol. The van der Waals surface area contributed by atoms with Crippen molar-refractivity contribution in [2.75, 3.05) is 11.9 Å². The molecule has 138 valence electrons. The quantitative estimate of drug-likeness (QED) is 0.576. The average Bonchev–Trinajstić information content (AvgIpc) is 2.86. The predicted molar refractivity (Wildman–Crippen MR) is 102 cm³/mol. The van der Waals surface area contributed by atoms with Gasteiger partial charge in [-0.1, -0.05) is 51.9 Å². The Bertz CT molecular complexity index is 488. The third-order valence-corrected chi connectivity index (χ3v) is 4.02. The zero-order valence-corrected chi connectivity index (χ0v) is 16.2. The number of carbonyl (C=O) groups is 1. The van der Waals surface area contributed by atoms with Gasteiger partial charge in [-0.3, -0.25) is 5.32 Å². The molecule has 0 atom stereocenters. The average molecular weight is 337 g/mol. The first-order valence-electron chi connectivity index (χ1n) is 9.46. The molecule has 0 radical (unpaired) electrons. The summed E-state index contributed by atoms with van der Waals surface area (Å²) < 4.78 is 1.86. The summed E-state index contributed by atoms with van der Waals surface area (Å²) in [6.45, 7) is 11.1. The van der Waals surface area contributed by atoms with Gasteiger partial charge in [-0.15, -0.1) is 0 Å². The van der Waals surface area contributed by atoms with Crippen LogP contribution in [0.25, 0.3) is 0 Å². The Kier molecular flexibility index (Phi) is 8.87. The molecule has 0 aliphatic heterocycles. The van der Waals surface area contributed by atoms with Gasteiger partial charge < -0.3 is 5.32 Å². The van der Waals surface area contributed by atoms with Gasteiger partial charge in [0.15, 0.2) is 0 Å². The molecule has 0 aromatic carbocycles. The molecule has 2 amide bonds. The van der Waals surface area contributed by atoms with Gasteiger partial charge in [-0.05, 0) is 34.1 Å². The molecule has 0 aliphatic rings. The third-order valence-electron chi connectivity index (χ3n) is 4.02. The number of unbranched alkanes of at least 4 members (excludes halogenated alkanes) is 7. The zero-order chi connectivity index (χ0) is 18.0. The van der Waals surface area contributed by atoms with Gasteiger partial charge >= 0.3 is 6.03 Å². The molecule has 0 spiro atoms. The largest absolute Gasteiger partial charge is 0.338 e. The Morgan fingerprint density at radius 2 is 1.67 bits per heavy atom. The Morgan fingerprint density at radius 1 is 1.08 bits per heavy atom. The van der Waals surface area contributed by atoms with Crippen molar-refractivity contribution in [1.82, 2.24) is 15.1 Å². The van der Waals surface area contributed by atoms with E-state index < -0.39 is 0 Å². The SMILES string of the molecule is CCCCCCCCCCNC(=O)Nc1cc(C)nn1C(C)(C)C. The molecule has 1 heterocycles. The minimum atomic E-state index is -0.158. The number of anilines is 1. The van der Waals surface area contributed by atoms with Gasteiger partial charge in [0.25, 0.3) is 0 Å². The van der Waals surface area contributed by atoms with Crippen molar-refractivity contribution in [3.8, 4) is 0 Å². The highest BCUT2D eigenvalue weighted by Gasteiger charge is 2.19. The highest BCUT2D eigenvalue weighted by molar-refractivity contribution is 5.88. The van der Waals surface area contributed by atoms with Crippen molar-refractivity contribution in [3.05, 3.63) is 11.8 Å². The molecule has 0 saturated carbocycles. The zero-order valence-electron chi connectivity index (χ0n) is 16.2. The maximum absolute atomic E-state index is 12.0. The van der Waals surface area contributed by atoms with Crippen LogP contribution in [0.1, 0.15) is 84.8 Å². The topological polar surface area (TPSA) is 59.0 Å². The van der Waals surface area contributed by atoms with E-state index in [4.69, 9.17) is 0 Å². The third kappa shape index (κ3) is 7.84. The summed E-state index contributed by atoms with van der Waals surface area (Å²) >= 11 is 0. The van der Waals surface area contributed by atoms with Gasteiger partial charge in [0.2, 0.25) is 0 Å². The summed E-state index contributed by atoms with van der Waals surface area (Å²) in [6, 6.07) is 1.75. The number of aromatic nitrogens is 2. The summed E-state index contributed by atoms with van der Waals surface area (Å²) in [7, 11) is 0. The van der Waals surface area contributed by atoms with Crippen LogP contribution in [0.4, 0.5) is 10.6 Å². The Balaban J connectivity index is 2.21.